The van der Waals surface area contributed by atoms with Gasteiger partial charge in [-0.1, -0.05) is 47.5 Å². The van der Waals surface area contributed by atoms with E-state index in [1.165, 1.54) is 7.05 Å². The van der Waals surface area contributed by atoms with Gasteiger partial charge in [0.05, 0.1) is 12.1 Å². The van der Waals surface area contributed by atoms with E-state index in [-0.39, 0.29) is 5.91 Å². The summed E-state index contributed by atoms with van der Waals surface area (Å²) >= 11 is 12.2. The maximum atomic E-state index is 12.2. The van der Waals surface area contributed by atoms with Crippen LogP contribution in [-0.4, -0.2) is 27.7 Å². The number of fused-ring (bicyclic) bond motifs is 1. The van der Waals surface area contributed by atoms with Gasteiger partial charge in [0.2, 0.25) is 0 Å². The van der Waals surface area contributed by atoms with Gasteiger partial charge in [0.25, 0.3) is 5.91 Å². The lowest BCUT2D eigenvalue weighted by molar-refractivity contribution is 0.0790. The number of hydrogen-bond donors (Lipinski definition) is 1. The van der Waals surface area contributed by atoms with Crippen LogP contribution in [0.15, 0.2) is 42.5 Å². The minimum absolute atomic E-state index is 0.315. The molecule has 0 spiro atoms. The van der Waals surface area contributed by atoms with E-state index in [4.69, 9.17) is 29.0 Å². The molecule has 1 amide bonds. The molecule has 0 unspecified atom stereocenters. The van der Waals surface area contributed by atoms with Crippen LogP contribution in [0.1, 0.15) is 16.1 Å². The number of hydrogen-bond acceptors (Lipinski definition) is 3. The van der Waals surface area contributed by atoms with Gasteiger partial charge in [-0.25, -0.2) is 5.84 Å². The molecule has 2 aromatic carbocycles. The Labute approximate surface area is 143 Å². The summed E-state index contributed by atoms with van der Waals surface area (Å²) < 4.78 is 1.74. The van der Waals surface area contributed by atoms with Gasteiger partial charge >= 0.3 is 0 Å². The molecule has 0 fully saturated rings. The molecule has 5 nitrogen and oxygen atoms in total. The Morgan fingerprint density at radius 3 is 2.70 bits per heavy atom. The van der Waals surface area contributed by atoms with Crippen molar-refractivity contribution in [2.24, 2.45) is 5.84 Å². The lowest BCUT2D eigenvalue weighted by atomic mass is 10.2. The molecule has 0 aliphatic rings. The van der Waals surface area contributed by atoms with Crippen molar-refractivity contribution in [3.05, 3.63) is 63.8 Å². The van der Waals surface area contributed by atoms with Crippen LogP contribution in [0.5, 0.6) is 0 Å². The van der Waals surface area contributed by atoms with E-state index < -0.39 is 0 Å². The standard InChI is InChI=1S/C16H14Cl2N4O/c1-21(19)16(23)15-12-4-2-3-5-14(12)22(20-15)9-10-6-7-11(17)8-13(10)18/h2-8H,9,19H2,1H3. The van der Waals surface area contributed by atoms with Crippen molar-refractivity contribution in [3.8, 4) is 0 Å². The summed E-state index contributed by atoms with van der Waals surface area (Å²) in [6.45, 7) is 0.429. The number of para-hydroxylation sites is 1. The molecule has 0 radical (unpaired) electrons. The third-order valence-electron chi connectivity index (χ3n) is 3.52. The SMILES string of the molecule is CN(N)C(=O)c1nn(Cc2ccc(Cl)cc2Cl)c2ccccc12. The van der Waals surface area contributed by atoms with E-state index >= 15 is 0 Å². The second kappa shape index (κ2) is 6.20. The predicted molar refractivity (Wildman–Crippen MR) is 91.6 cm³/mol. The molecule has 0 saturated carbocycles. The first-order valence-electron chi connectivity index (χ1n) is 6.89. The van der Waals surface area contributed by atoms with Crippen molar-refractivity contribution in [2.45, 2.75) is 6.54 Å². The van der Waals surface area contributed by atoms with Gasteiger partial charge in [0.15, 0.2) is 5.69 Å². The first-order valence-corrected chi connectivity index (χ1v) is 7.65. The lowest BCUT2D eigenvalue weighted by Crippen LogP contribution is -2.33. The van der Waals surface area contributed by atoms with E-state index in [1.807, 2.05) is 30.3 Å². The van der Waals surface area contributed by atoms with Crippen molar-refractivity contribution < 1.29 is 4.79 Å². The van der Waals surface area contributed by atoms with E-state index in [0.29, 0.717) is 22.3 Å². The number of amides is 1. The van der Waals surface area contributed by atoms with Crippen LogP contribution >= 0.6 is 23.2 Å². The van der Waals surface area contributed by atoms with E-state index in [1.54, 1.807) is 16.8 Å². The average molecular weight is 349 g/mol. The number of rotatable bonds is 3. The maximum absolute atomic E-state index is 12.2. The summed E-state index contributed by atoms with van der Waals surface area (Å²) in [5, 5.41) is 7.33. The van der Waals surface area contributed by atoms with Crippen molar-refractivity contribution in [3.63, 3.8) is 0 Å². The molecular formula is C16H14Cl2N4O. The molecule has 1 aromatic heterocycles. The minimum Gasteiger partial charge on any atom is -0.278 e. The molecule has 1 heterocycles. The molecule has 2 N–H and O–H groups in total. The Morgan fingerprint density at radius 2 is 2.00 bits per heavy atom. The molecular weight excluding hydrogens is 335 g/mol. The van der Waals surface area contributed by atoms with Crippen LogP contribution in [0.25, 0.3) is 10.9 Å². The fraction of sp³-hybridized carbons (Fsp3) is 0.125. The van der Waals surface area contributed by atoms with Crippen molar-refractivity contribution in [1.29, 1.82) is 0 Å². The number of halogens is 2. The summed E-state index contributed by atoms with van der Waals surface area (Å²) in [4.78, 5) is 12.2. The van der Waals surface area contributed by atoms with Crippen molar-refractivity contribution >= 4 is 40.0 Å². The first-order chi connectivity index (χ1) is 11.0. The van der Waals surface area contributed by atoms with Gasteiger partial charge in [0.1, 0.15) is 0 Å². The highest BCUT2D eigenvalue weighted by Gasteiger charge is 2.19. The van der Waals surface area contributed by atoms with Gasteiger partial charge in [-0.05, 0) is 23.8 Å². The average Bonchev–Trinajstić information content (AvgIpc) is 2.88. The summed E-state index contributed by atoms with van der Waals surface area (Å²) in [6, 6.07) is 12.8. The zero-order chi connectivity index (χ0) is 16.6. The summed E-state index contributed by atoms with van der Waals surface area (Å²) in [6.07, 6.45) is 0. The number of carbonyl (C=O) groups excluding carboxylic acids is 1. The maximum Gasteiger partial charge on any atom is 0.288 e. The largest absolute Gasteiger partial charge is 0.288 e. The normalized spacial score (nSPS) is 11.0. The van der Waals surface area contributed by atoms with Gasteiger partial charge < -0.3 is 0 Å². The molecule has 0 aliphatic heterocycles. The van der Waals surface area contributed by atoms with E-state index in [9.17, 15) is 4.79 Å². The van der Waals surface area contributed by atoms with Crippen LogP contribution in [0.3, 0.4) is 0 Å². The highest BCUT2D eigenvalue weighted by atomic mass is 35.5. The van der Waals surface area contributed by atoms with Crippen LogP contribution in [0.4, 0.5) is 0 Å². The van der Waals surface area contributed by atoms with Gasteiger partial charge in [-0.3, -0.25) is 14.5 Å². The number of nitrogens with two attached hydrogens (primary N) is 1. The Kier molecular flexibility index (Phi) is 4.26. The van der Waals surface area contributed by atoms with Crippen LogP contribution in [-0.2, 0) is 6.54 Å². The number of benzene rings is 2. The summed E-state index contributed by atoms with van der Waals surface area (Å²) in [7, 11) is 1.49. The van der Waals surface area contributed by atoms with Crippen molar-refractivity contribution in [2.75, 3.05) is 7.05 Å². The third-order valence-corrected chi connectivity index (χ3v) is 4.10. The highest BCUT2D eigenvalue weighted by Crippen LogP contribution is 2.24. The smallest absolute Gasteiger partial charge is 0.278 e. The number of nitrogens with zero attached hydrogens (tertiary/aromatic N) is 3. The second-order valence-corrected chi connectivity index (χ2v) is 6.02. The number of aromatic nitrogens is 2. The summed E-state index contributed by atoms with van der Waals surface area (Å²) in [5.74, 6) is 5.22. The second-order valence-electron chi connectivity index (χ2n) is 5.18. The van der Waals surface area contributed by atoms with E-state index in [0.717, 1.165) is 21.5 Å². The van der Waals surface area contributed by atoms with E-state index in [2.05, 4.69) is 5.10 Å². The van der Waals surface area contributed by atoms with Crippen molar-refractivity contribution in [1.82, 2.24) is 14.8 Å². The Hall–Kier alpha value is -2.08. The molecule has 23 heavy (non-hydrogen) atoms. The van der Waals surface area contributed by atoms with Gasteiger partial charge in [-0.15, -0.1) is 0 Å². The predicted octanol–water partition coefficient (Wildman–Crippen LogP) is 3.34. The van der Waals surface area contributed by atoms with Crippen LogP contribution < -0.4 is 5.84 Å². The summed E-state index contributed by atoms with van der Waals surface area (Å²) in [5.41, 5.74) is 2.02. The molecule has 7 heteroatoms. The van der Waals surface area contributed by atoms with Gasteiger partial charge in [-0.2, -0.15) is 5.10 Å². The topological polar surface area (TPSA) is 64.2 Å². The molecule has 0 atom stereocenters. The zero-order valence-electron chi connectivity index (χ0n) is 12.3. The zero-order valence-corrected chi connectivity index (χ0v) is 13.8. The number of hydrazine groups is 1. The van der Waals surface area contributed by atoms with Crippen LogP contribution in [0.2, 0.25) is 10.0 Å². The molecule has 0 saturated heterocycles. The van der Waals surface area contributed by atoms with Crippen LogP contribution in [0, 0.1) is 0 Å². The third kappa shape index (κ3) is 3.03. The molecule has 0 bridgehead atoms. The quantitative estimate of drug-likeness (QED) is 0.448. The Balaban J connectivity index is 2.09. The fourth-order valence-electron chi connectivity index (χ4n) is 2.38. The Bertz CT molecular complexity index is 889. The molecule has 0 aliphatic carbocycles. The van der Waals surface area contributed by atoms with Gasteiger partial charge in [0, 0.05) is 22.5 Å². The number of carbonyl (C=O) groups is 1. The first kappa shape index (κ1) is 15.8. The molecule has 3 rings (SSSR count). The minimum atomic E-state index is -0.345. The molecule has 3 aromatic rings. The Morgan fingerprint density at radius 1 is 1.26 bits per heavy atom. The lowest BCUT2D eigenvalue weighted by Gasteiger charge is -2.07. The monoisotopic (exact) mass is 348 g/mol. The highest BCUT2D eigenvalue weighted by molar-refractivity contribution is 6.35. The molecule has 118 valence electrons. The fourth-order valence-corrected chi connectivity index (χ4v) is 2.85.